The lowest BCUT2D eigenvalue weighted by atomic mass is 9.50. The molecule has 90 valence electrons. The van der Waals surface area contributed by atoms with Gasteiger partial charge in [-0.25, -0.2) is 0 Å². The molecule has 4 rings (SSSR count). The number of carbonyl (C=O) groups is 1. The standard InChI is InChI=1S/C15H24O/c1-9(2)10-6-14(3)8-15(4)7-11(10)12(14)5-13(15)16/h9-12H,5-8H2,1-4H3/t10-,11+,12-,14+,15-/m0/s1. The number of ketones is 1. The van der Waals surface area contributed by atoms with Crippen LogP contribution in [0.4, 0.5) is 0 Å². The van der Waals surface area contributed by atoms with Gasteiger partial charge in [0.15, 0.2) is 0 Å². The molecule has 1 heteroatoms. The molecule has 0 aromatic rings. The maximum Gasteiger partial charge on any atom is 0.139 e. The molecule has 4 saturated carbocycles. The summed E-state index contributed by atoms with van der Waals surface area (Å²) in [4.78, 5) is 12.1. The van der Waals surface area contributed by atoms with Crippen molar-refractivity contribution in [2.75, 3.05) is 0 Å². The summed E-state index contributed by atoms with van der Waals surface area (Å²) in [6.45, 7) is 9.43. The molecule has 0 aliphatic heterocycles. The maximum absolute atomic E-state index is 12.1. The van der Waals surface area contributed by atoms with Crippen molar-refractivity contribution < 1.29 is 4.79 Å². The van der Waals surface area contributed by atoms with Crippen LogP contribution in [0.1, 0.15) is 53.4 Å². The van der Waals surface area contributed by atoms with Gasteiger partial charge in [0.25, 0.3) is 0 Å². The van der Waals surface area contributed by atoms with Gasteiger partial charge >= 0.3 is 0 Å². The molecule has 4 fully saturated rings. The van der Waals surface area contributed by atoms with Crippen molar-refractivity contribution >= 4 is 5.78 Å². The molecule has 4 bridgehead atoms. The van der Waals surface area contributed by atoms with Gasteiger partial charge in [0.2, 0.25) is 0 Å². The molecule has 16 heavy (non-hydrogen) atoms. The van der Waals surface area contributed by atoms with E-state index in [0.29, 0.717) is 17.1 Å². The molecule has 0 aromatic heterocycles. The summed E-state index contributed by atoms with van der Waals surface area (Å²) in [7, 11) is 0. The van der Waals surface area contributed by atoms with E-state index in [1.165, 1.54) is 19.3 Å². The Morgan fingerprint density at radius 1 is 1.25 bits per heavy atom. The first-order valence-electron chi connectivity index (χ1n) is 6.89. The molecule has 0 radical (unpaired) electrons. The highest BCUT2D eigenvalue weighted by Crippen LogP contribution is 2.69. The number of hydrogen-bond acceptors (Lipinski definition) is 1. The lowest BCUT2D eigenvalue weighted by Gasteiger charge is -2.53. The van der Waals surface area contributed by atoms with Crippen molar-refractivity contribution in [3.63, 3.8) is 0 Å². The van der Waals surface area contributed by atoms with E-state index in [2.05, 4.69) is 27.7 Å². The first-order valence-corrected chi connectivity index (χ1v) is 6.89. The zero-order valence-electron chi connectivity index (χ0n) is 11.0. The summed E-state index contributed by atoms with van der Waals surface area (Å²) in [6, 6.07) is 0. The Balaban J connectivity index is 2.00. The monoisotopic (exact) mass is 220 g/mol. The lowest BCUT2D eigenvalue weighted by Crippen LogP contribution is -2.51. The number of fused-ring (bicyclic) bond motifs is 1. The summed E-state index contributed by atoms with van der Waals surface area (Å²) >= 11 is 0. The molecular weight excluding hydrogens is 196 g/mol. The molecule has 0 heterocycles. The second-order valence-electron chi connectivity index (χ2n) is 7.61. The first-order chi connectivity index (χ1) is 7.36. The van der Waals surface area contributed by atoms with Crippen LogP contribution in [-0.4, -0.2) is 5.78 Å². The molecule has 0 amide bonds. The minimum absolute atomic E-state index is 0.0395. The molecular formula is C15H24O. The lowest BCUT2D eigenvalue weighted by molar-refractivity contribution is -0.147. The fourth-order valence-electron chi connectivity index (χ4n) is 5.42. The summed E-state index contributed by atoms with van der Waals surface area (Å²) in [5.74, 6) is 3.81. The van der Waals surface area contributed by atoms with Crippen LogP contribution in [0.2, 0.25) is 0 Å². The highest BCUT2D eigenvalue weighted by atomic mass is 16.1. The Hall–Kier alpha value is -0.330. The molecule has 0 aromatic carbocycles. The fourth-order valence-corrected chi connectivity index (χ4v) is 5.42. The predicted octanol–water partition coefficient (Wildman–Crippen LogP) is 3.67. The van der Waals surface area contributed by atoms with Crippen LogP contribution in [0.5, 0.6) is 0 Å². The molecule has 1 nitrogen and oxygen atoms in total. The van der Waals surface area contributed by atoms with Crippen molar-refractivity contribution in [2.45, 2.75) is 53.4 Å². The zero-order chi connectivity index (χ0) is 11.7. The minimum atomic E-state index is 0.0395. The number of hydrogen-bond donors (Lipinski definition) is 0. The number of Topliss-reactive ketones (excluding diaryl/α,β-unsaturated/α-hetero) is 1. The van der Waals surface area contributed by atoms with E-state index < -0.39 is 0 Å². The van der Waals surface area contributed by atoms with Crippen molar-refractivity contribution in [3.05, 3.63) is 0 Å². The predicted molar refractivity (Wildman–Crippen MR) is 65.0 cm³/mol. The molecule has 0 unspecified atom stereocenters. The zero-order valence-corrected chi connectivity index (χ0v) is 11.0. The second-order valence-corrected chi connectivity index (χ2v) is 7.61. The average Bonchev–Trinajstić information content (AvgIpc) is 2.37. The maximum atomic E-state index is 12.1. The Morgan fingerprint density at radius 2 is 1.94 bits per heavy atom. The highest BCUT2D eigenvalue weighted by Gasteiger charge is 2.64. The Morgan fingerprint density at radius 3 is 2.50 bits per heavy atom. The van der Waals surface area contributed by atoms with Crippen LogP contribution in [0.3, 0.4) is 0 Å². The van der Waals surface area contributed by atoms with Crippen molar-refractivity contribution in [1.29, 1.82) is 0 Å². The summed E-state index contributed by atoms with van der Waals surface area (Å²) in [6.07, 6.45) is 4.63. The Kier molecular flexibility index (Phi) is 1.97. The van der Waals surface area contributed by atoms with Crippen LogP contribution in [0, 0.1) is 34.5 Å². The van der Waals surface area contributed by atoms with Crippen molar-refractivity contribution in [1.82, 2.24) is 0 Å². The molecule has 0 N–H and O–H groups in total. The van der Waals surface area contributed by atoms with Gasteiger partial charge in [-0.2, -0.15) is 0 Å². The smallest absolute Gasteiger partial charge is 0.139 e. The van der Waals surface area contributed by atoms with Crippen LogP contribution in [0.25, 0.3) is 0 Å². The van der Waals surface area contributed by atoms with E-state index in [4.69, 9.17) is 0 Å². The Bertz CT molecular complexity index is 345. The van der Waals surface area contributed by atoms with E-state index in [1.807, 2.05) is 0 Å². The average molecular weight is 220 g/mol. The second kappa shape index (κ2) is 2.91. The molecule has 5 atom stereocenters. The summed E-state index contributed by atoms with van der Waals surface area (Å²) < 4.78 is 0. The normalized spacial score (nSPS) is 55.1. The van der Waals surface area contributed by atoms with E-state index >= 15 is 0 Å². The largest absolute Gasteiger partial charge is 0.299 e. The summed E-state index contributed by atoms with van der Waals surface area (Å²) in [5, 5.41) is 0. The minimum Gasteiger partial charge on any atom is -0.299 e. The van der Waals surface area contributed by atoms with Crippen LogP contribution < -0.4 is 0 Å². The van der Waals surface area contributed by atoms with Crippen LogP contribution in [-0.2, 0) is 4.79 Å². The molecule has 4 aliphatic carbocycles. The fraction of sp³-hybridized carbons (Fsp3) is 0.933. The van der Waals surface area contributed by atoms with Crippen LogP contribution in [0.15, 0.2) is 0 Å². The van der Waals surface area contributed by atoms with Gasteiger partial charge in [-0.3, -0.25) is 4.79 Å². The van der Waals surface area contributed by atoms with E-state index in [1.54, 1.807) is 0 Å². The molecule has 0 saturated heterocycles. The third-order valence-corrected chi connectivity index (χ3v) is 6.08. The van der Waals surface area contributed by atoms with Crippen LogP contribution >= 0.6 is 0 Å². The van der Waals surface area contributed by atoms with E-state index in [0.717, 1.165) is 24.2 Å². The van der Waals surface area contributed by atoms with Gasteiger partial charge in [-0.05, 0) is 48.3 Å². The SMILES string of the molecule is CC(C)[C@@H]1C[C@]2(C)C[C@]3(C)C[C@H]1[C@@H]2CC3=O. The van der Waals surface area contributed by atoms with Crippen molar-refractivity contribution in [2.24, 2.45) is 34.5 Å². The van der Waals surface area contributed by atoms with E-state index in [9.17, 15) is 4.79 Å². The van der Waals surface area contributed by atoms with Gasteiger partial charge in [0, 0.05) is 11.8 Å². The van der Waals surface area contributed by atoms with E-state index in [-0.39, 0.29) is 5.41 Å². The summed E-state index contributed by atoms with van der Waals surface area (Å²) in [5.41, 5.74) is 0.526. The molecule has 0 spiro atoms. The van der Waals surface area contributed by atoms with Crippen molar-refractivity contribution in [3.8, 4) is 0 Å². The molecule has 4 aliphatic rings. The quantitative estimate of drug-likeness (QED) is 0.659. The third-order valence-electron chi connectivity index (χ3n) is 6.08. The topological polar surface area (TPSA) is 17.1 Å². The van der Waals surface area contributed by atoms with Gasteiger partial charge in [0.05, 0.1) is 0 Å². The Labute approximate surface area is 99.0 Å². The van der Waals surface area contributed by atoms with Gasteiger partial charge < -0.3 is 0 Å². The van der Waals surface area contributed by atoms with Gasteiger partial charge in [-0.15, -0.1) is 0 Å². The number of rotatable bonds is 1. The number of carbonyl (C=O) groups excluding carboxylic acids is 1. The van der Waals surface area contributed by atoms with Gasteiger partial charge in [0.1, 0.15) is 5.78 Å². The third kappa shape index (κ3) is 1.15. The highest BCUT2D eigenvalue weighted by molar-refractivity contribution is 5.87. The van der Waals surface area contributed by atoms with Gasteiger partial charge in [-0.1, -0.05) is 27.7 Å². The first kappa shape index (κ1) is 10.8.